The Labute approximate surface area is 182 Å². The molecular formula is C24H32N2O3S. The number of furan rings is 1. The second-order valence-electron chi connectivity index (χ2n) is 9.92. The number of hydrogen-bond donors (Lipinski definition) is 1. The zero-order valence-electron chi connectivity index (χ0n) is 18.4. The summed E-state index contributed by atoms with van der Waals surface area (Å²) in [6.45, 7) is 10.7. The second-order valence-corrected chi connectivity index (χ2v) is 11.0. The Bertz CT molecular complexity index is 915. The Balaban J connectivity index is 1.66. The summed E-state index contributed by atoms with van der Waals surface area (Å²) in [5, 5.41) is 3.67. The van der Waals surface area contributed by atoms with Gasteiger partial charge in [0.2, 0.25) is 0 Å². The van der Waals surface area contributed by atoms with Crippen LogP contribution < -0.4 is 5.32 Å². The average molecular weight is 429 g/mol. The number of fused-ring (bicyclic) bond motifs is 1. The SMILES string of the molecule is CC1CCN(C(=O)c2c(NC(=O)c3ccco3)sc3c2CC[C@H](C(C)(C)C)C3)CC1. The molecule has 1 N–H and O–H groups in total. The van der Waals surface area contributed by atoms with Gasteiger partial charge >= 0.3 is 0 Å². The number of carbonyl (C=O) groups is 2. The fourth-order valence-electron chi connectivity index (χ4n) is 4.58. The van der Waals surface area contributed by atoms with E-state index in [1.165, 1.54) is 11.1 Å². The second kappa shape index (κ2) is 8.22. The van der Waals surface area contributed by atoms with E-state index in [9.17, 15) is 9.59 Å². The van der Waals surface area contributed by atoms with Crippen molar-refractivity contribution < 1.29 is 14.0 Å². The number of hydrogen-bond acceptors (Lipinski definition) is 4. The molecule has 2 aromatic heterocycles. The number of amides is 2. The first-order chi connectivity index (χ1) is 14.2. The van der Waals surface area contributed by atoms with E-state index in [0.717, 1.165) is 56.3 Å². The lowest BCUT2D eigenvalue weighted by molar-refractivity contribution is 0.0697. The van der Waals surface area contributed by atoms with E-state index in [1.54, 1.807) is 23.5 Å². The van der Waals surface area contributed by atoms with Gasteiger partial charge in [-0.2, -0.15) is 0 Å². The molecule has 30 heavy (non-hydrogen) atoms. The molecule has 0 radical (unpaired) electrons. The van der Waals surface area contributed by atoms with Gasteiger partial charge in [-0.25, -0.2) is 0 Å². The van der Waals surface area contributed by atoms with Crippen molar-refractivity contribution in [3.63, 3.8) is 0 Å². The van der Waals surface area contributed by atoms with Crippen molar-refractivity contribution in [1.29, 1.82) is 0 Å². The number of carbonyl (C=O) groups excluding carboxylic acids is 2. The number of likely N-dealkylation sites (tertiary alicyclic amines) is 1. The van der Waals surface area contributed by atoms with Crippen LogP contribution in [0.15, 0.2) is 22.8 Å². The van der Waals surface area contributed by atoms with Crippen LogP contribution in [0.1, 0.15) is 78.3 Å². The molecule has 6 heteroatoms. The molecule has 5 nitrogen and oxygen atoms in total. The summed E-state index contributed by atoms with van der Waals surface area (Å²) in [6.07, 6.45) is 6.52. The Morgan fingerprint density at radius 2 is 1.93 bits per heavy atom. The van der Waals surface area contributed by atoms with Gasteiger partial charge in [-0.15, -0.1) is 11.3 Å². The quantitative estimate of drug-likeness (QED) is 0.690. The fraction of sp³-hybridized carbons (Fsp3) is 0.583. The molecule has 0 unspecified atom stereocenters. The van der Waals surface area contributed by atoms with Crippen molar-refractivity contribution in [2.24, 2.45) is 17.3 Å². The molecule has 1 aliphatic heterocycles. The minimum absolute atomic E-state index is 0.0725. The highest BCUT2D eigenvalue weighted by Crippen LogP contribution is 2.45. The first-order valence-corrected chi connectivity index (χ1v) is 11.8. The van der Waals surface area contributed by atoms with Gasteiger partial charge in [0.1, 0.15) is 5.00 Å². The van der Waals surface area contributed by atoms with Crippen molar-refractivity contribution in [1.82, 2.24) is 4.90 Å². The molecule has 2 aliphatic rings. The number of nitrogens with zero attached hydrogens (tertiary/aromatic N) is 1. The van der Waals surface area contributed by atoms with Crippen LogP contribution in [0.3, 0.4) is 0 Å². The van der Waals surface area contributed by atoms with Crippen molar-refractivity contribution in [3.8, 4) is 0 Å². The highest BCUT2D eigenvalue weighted by atomic mass is 32.1. The van der Waals surface area contributed by atoms with E-state index < -0.39 is 0 Å². The topological polar surface area (TPSA) is 62.6 Å². The summed E-state index contributed by atoms with van der Waals surface area (Å²) in [6, 6.07) is 3.34. The Morgan fingerprint density at radius 1 is 1.20 bits per heavy atom. The molecule has 4 rings (SSSR count). The Hall–Kier alpha value is -2.08. The summed E-state index contributed by atoms with van der Waals surface area (Å²) < 4.78 is 5.26. The van der Waals surface area contributed by atoms with Crippen LogP contribution in [0.25, 0.3) is 0 Å². The maximum absolute atomic E-state index is 13.6. The Morgan fingerprint density at radius 3 is 2.57 bits per heavy atom. The summed E-state index contributed by atoms with van der Waals surface area (Å²) in [5.41, 5.74) is 2.10. The normalized spacial score (nSPS) is 20.1. The van der Waals surface area contributed by atoms with Crippen molar-refractivity contribution in [3.05, 3.63) is 40.2 Å². The van der Waals surface area contributed by atoms with Crippen molar-refractivity contribution in [2.45, 2.75) is 59.8 Å². The number of thiophene rings is 1. The van der Waals surface area contributed by atoms with Gasteiger partial charge in [0.15, 0.2) is 5.76 Å². The number of anilines is 1. The van der Waals surface area contributed by atoms with Gasteiger partial charge < -0.3 is 14.6 Å². The number of piperidine rings is 1. The molecule has 0 bridgehead atoms. The van der Waals surface area contributed by atoms with Crippen molar-refractivity contribution >= 4 is 28.2 Å². The number of nitrogens with one attached hydrogen (secondary N) is 1. The highest BCUT2D eigenvalue weighted by molar-refractivity contribution is 7.17. The maximum Gasteiger partial charge on any atom is 0.291 e. The monoisotopic (exact) mass is 428 g/mol. The molecular weight excluding hydrogens is 396 g/mol. The van der Waals surface area contributed by atoms with Gasteiger partial charge in [-0.05, 0) is 67.1 Å². The predicted molar refractivity (Wildman–Crippen MR) is 120 cm³/mol. The lowest BCUT2D eigenvalue weighted by Crippen LogP contribution is -2.38. The summed E-state index contributed by atoms with van der Waals surface area (Å²) in [4.78, 5) is 29.5. The molecule has 2 amide bonds. The molecule has 2 aromatic rings. The van der Waals surface area contributed by atoms with E-state index in [-0.39, 0.29) is 23.0 Å². The molecule has 1 aliphatic carbocycles. The molecule has 1 atom stereocenters. The lowest BCUT2D eigenvalue weighted by Gasteiger charge is -2.34. The van der Waals surface area contributed by atoms with Crippen LogP contribution in [-0.4, -0.2) is 29.8 Å². The summed E-state index contributed by atoms with van der Waals surface area (Å²) >= 11 is 1.58. The van der Waals surface area contributed by atoms with Crippen molar-refractivity contribution in [2.75, 3.05) is 18.4 Å². The molecule has 0 saturated carbocycles. The molecule has 0 aromatic carbocycles. The minimum Gasteiger partial charge on any atom is -0.459 e. The van der Waals surface area contributed by atoms with Gasteiger partial charge in [-0.1, -0.05) is 27.7 Å². The molecule has 162 valence electrons. The van der Waals surface area contributed by atoms with Crippen LogP contribution in [0.5, 0.6) is 0 Å². The lowest BCUT2D eigenvalue weighted by atomic mass is 9.72. The van der Waals surface area contributed by atoms with E-state index in [4.69, 9.17) is 4.42 Å². The smallest absolute Gasteiger partial charge is 0.291 e. The van der Waals surface area contributed by atoms with Crippen LogP contribution in [-0.2, 0) is 12.8 Å². The first-order valence-electron chi connectivity index (χ1n) is 11.0. The third kappa shape index (κ3) is 4.20. The van der Waals surface area contributed by atoms with Crippen LogP contribution in [0, 0.1) is 17.3 Å². The van der Waals surface area contributed by atoms with Gasteiger partial charge in [-0.3, -0.25) is 9.59 Å². The van der Waals surface area contributed by atoms with E-state index in [0.29, 0.717) is 16.8 Å². The van der Waals surface area contributed by atoms with Crippen LogP contribution in [0.2, 0.25) is 0 Å². The zero-order chi connectivity index (χ0) is 21.5. The highest BCUT2D eigenvalue weighted by Gasteiger charge is 2.35. The maximum atomic E-state index is 13.6. The average Bonchev–Trinajstić information content (AvgIpc) is 3.34. The molecule has 3 heterocycles. The Kier molecular flexibility index (Phi) is 5.80. The van der Waals surface area contributed by atoms with Gasteiger partial charge in [0.25, 0.3) is 11.8 Å². The molecule has 1 fully saturated rings. The zero-order valence-corrected chi connectivity index (χ0v) is 19.2. The summed E-state index contributed by atoms with van der Waals surface area (Å²) in [5.74, 6) is 1.28. The van der Waals surface area contributed by atoms with E-state index in [2.05, 4.69) is 33.0 Å². The van der Waals surface area contributed by atoms with Crippen LogP contribution >= 0.6 is 11.3 Å². The van der Waals surface area contributed by atoms with E-state index in [1.807, 2.05) is 4.90 Å². The predicted octanol–water partition coefficient (Wildman–Crippen LogP) is 5.62. The van der Waals surface area contributed by atoms with E-state index >= 15 is 0 Å². The minimum atomic E-state index is -0.299. The third-order valence-electron chi connectivity index (χ3n) is 6.75. The number of rotatable bonds is 3. The van der Waals surface area contributed by atoms with Gasteiger partial charge in [0.05, 0.1) is 11.8 Å². The summed E-state index contributed by atoms with van der Waals surface area (Å²) in [7, 11) is 0. The molecule has 1 saturated heterocycles. The molecule has 0 spiro atoms. The van der Waals surface area contributed by atoms with Gasteiger partial charge in [0, 0.05) is 18.0 Å². The third-order valence-corrected chi connectivity index (χ3v) is 7.92. The fourth-order valence-corrected chi connectivity index (χ4v) is 5.90. The standard InChI is InChI=1S/C24H32N2O3S/c1-15-9-11-26(12-10-15)23(28)20-17-8-7-16(24(2,3)4)14-19(17)30-22(20)25-21(27)18-6-5-13-29-18/h5-6,13,15-16H,7-12,14H2,1-4H3,(H,25,27)/t16-/m0/s1. The first kappa shape index (κ1) is 21.2. The van der Waals surface area contributed by atoms with Crippen LogP contribution in [0.4, 0.5) is 5.00 Å². The largest absolute Gasteiger partial charge is 0.459 e.